The van der Waals surface area contributed by atoms with Gasteiger partial charge in [-0.15, -0.1) is 5.10 Å². The summed E-state index contributed by atoms with van der Waals surface area (Å²) in [5.74, 6) is 2.57. The molecule has 3 aromatic rings. The van der Waals surface area contributed by atoms with Crippen LogP contribution in [0.25, 0.3) is 0 Å². The summed E-state index contributed by atoms with van der Waals surface area (Å²) in [5.41, 5.74) is 3.16. The van der Waals surface area contributed by atoms with Gasteiger partial charge in [-0.2, -0.15) is 11.8 Å². The SMILES string of the molecule is O=C(CSc1nnnn1Cc1ccccc1)Nc1cccc(CN2CCSCC2)c1. The highest BCUT2D eigenvalue weighted by molar-refractivity contribution is 7.99. The van der Waals surface area contributed by atoms with Gasteiger partial charge >= 0.3 is 0 Å². The van der Waals surface area contributed by atoms with Gasteiger partial charge in [0, 0.05) is 36.8 Å². The molecule has 1 aromatic heterocycles. The van der Waals surface area contributed by atoms with E-state index < -0.39 is 0 Å². The molecule has 0 unspecified atom stereocenters. The number of anilines is 1. The third-order valence-electron chi connectivity index (χ3n) is 4.73. The molecule has 9 heteroatoms. The van der Waals surface area contributed by atoms with Crippen molar-refractivity contribution in [3.05, 3.63) is 65.7 Å². The molecule has 1 amide bonds. The minimum atomic E-state index is -0.0687. The molecule has 30 heavy (non-hydrogen) atoms. The lowest BCUT2D eigenvalue weighted by Crippen LogP contribution is -2.31. The van der Waals surface area contributed by atoms with Crippen molar-refractivity contribution in [2.24, 2.45) is 0 Å². The lowest BCUT2D eigenvalue weighted by atomic mass is 10.2. The van der Waals surface area contributed by atoms with E-state index in [1.165, 1.54) is 28.8 Å². The van der Waals surface area contributed by atoms with Crippen molar-refractivity contribution in [3.63, 3.8) is 0 Å². The Morgan fingerprint density at radius 2 is 1.83 bits per heavy atom. The minimum absolute atomic E-state index is 0.0687. The molecular formula is C21H24N6OS2. The highest BCUT2D eigenvalue weighted by Gasteiger charge is 2.13. The molecule has 4 rings (SSSR count). The Kier molecular flexibility index (Phi) is 7.39. The standard InChI is InChI=1S/C21H24N6OS2/c28-20(16-30-21-23-24-25-27(21)15-17-5-2-1-3-6-17)22-19-8-4-7-18(13-19)14-26-9-11-29-12-10-26/h1-8,13H,9-12,14-16H2,(H,22,28). The molecule has 0 aliphatic carbocycles. The molecule has 1 aliphatic rings. The van der Waals surface area contributed by atoms with Crippen LogP contribution in [0.1, 0.15) is 11.1 Å². The monoisotopic (exact) mass is 440 g/mol. The largest absolute Gasteiger partial charge is 0.325 e. The molecule has 0 radical (unpaired) electrons. The first-order valence-electron chi connectivity index (χ1n) is 9.88. The molecule has 0 bridgehead atoms. The number of carbonyl (C=O) groups excluding carboxylic acids is 1. The second-order valence-corrected chi connectivity index (χ2v) is 9.20. The van der Waals surface area contributed by atoms with Crippen molar-refractivity contribution in [2.45, 2.75) is 18.2 Å². The zero-order chi connectivity index (χ0) is 20.6. The fraction of sp³-hybridized carbons (Fsp3) is 0.333. The highest BCUT2D eigenvalue weighted by Crippen LogP contribution is 2.18. The summed E-state index contributed by atoms with van der Waals surface area (Å²) in [4.78, 5) is 14.9. The van der Waals surface area contributed by atoms with Crippen LogP contribution in [-0.4, -0.2) is 61.4 Å². The molecule has 1 aliphatic heterocycles. The Bertz CT molecular complexity index is 959. The second-order valence-electron chi connectivity index (χ2n) is 7.03. The number of rotatable bonds is 8. The molecule has 0 atom stereocenters. The maximum absolute atomic E-state index is 12.5. The fourth-order valence-electron chi connectivity index (χ4n) is 3.25. The van der Waals surface area contributed by atoms with Gasteiger partial charge in [0.05, 0.1) is 12.3 Å². The molecule has 1 fully saturated rings. The van der Waals surface area contributed by atoms with Crippen LogP contribution in [0.3, 0.4) is 0 Å². The van der Waals surface area contributed by atoms with E-state index in [1.807, 2.05) is 54.2 Å². The summed E-state index contributed by atoms with van der Waals surface area (Å²) in [6, 6.07) is 18.1. The van der Waals surface area contributed by atoms with Gasteiger partial charge in [0.15, 0.2) is 0 Å². The van der Waals surface area contributed by atoms with Crippen molar-refractivity contribution in [2.75, 3.05) is 35.7 Å². The predicted molar refractivity (Wildman–Crippen MR) is 122 cm³/mol. The molecule has 0 saturated carbocycles. The summed E-state index contributed by atoms with van der Waals surface area (Å²) in [6.45, 7) is 3.74. The van der Waals surface area contributed by atoms with E-state index in [9.17, 15) is 4.79 Å². The number of aromatic nitrogens is 4. The van der Waals surface area contributed by atoms with Crippen molar-refractivity contribution in [3.8, 4) is 0 Å². The topological polar surface area (TPSA) is 75.9 Å². The van der Waals surface area contributed by atoms with E-state index in [0.717, 1.165) is 30.9 Å². The van der Waals surface area contributed by atoms with Crippen molar-refractivity contribution >= 4 is 35.1 Å². The molecule has 156 valence electrons. The van der Waals surface area contributed by atoms with E-state index >= 15 is 0 Å². The third kappa shape index (κ3) is 6.07. The number of carbonyl (C=O) groups is 1. The van der Waals surface area contributed by atoms with Gasteiger partial charge in [-0.25, -0.2) is 4.68 Å². The van der Waals surface area contributed by atoms with Gasteiger partial charge in [-0.3, -0.25) is 9.69 Å². The van der Waals surface area contributed by atoms with Crippen LogP contribution in [0.4, 0.5) is 5.69 Å². The maximum Gasteiger partial charge on any atom is 0.234 e. The fourth-order valence-corrected chi connectivity index (χ4v) is 4.90. The zero-order valence-electron chi connectivity index (χ0n) is 16.6. The number of nitrogens with one attached hydrogen (secondary N) is 1. The van der Waals surface area contributed by atoms with E-state index in [1.54, 1.807) is 4.68 Å². The van der Waals surface area contributed by atoms with E-state index in [2.05, 4.69) is 37.9 Å². The van der Waals surface area contributed by atoms with Crippen LogP contribution in [0.2, 0.25) is 0 Å². The molecule has 0 spiro atoms. The first kappa shape index (κ1) is 20.9. The van der Waals surface area contributed by atoms with Gasteiger partial charge in [0.25, 0.3) is 0 Å². The van der Waals surface area contributed by atoms with Gasteiger partial charge in [0.2, 0.25) is 11.1 Å². The van der Waals surface area contributed by atoms with Crippen molar-refractivity contribution in [1.29, 1.82) is 0 Å². The third-order valence-corrected chi connectivity index (χ3v) is 6.63. The number of nitrogens with zero attached hydrogens (tertiary/aromatic N) is 5. The second kappa shape index (κ2) is 10.6. The average molecular weight is 441 g/mol. The van der Waals surface area contributed by atoms with Gasteiger partial charge < -0.3 is 5.32 Å². The van der Waals surface area contributed by atoms with Crippen LogP contribution in [-0.2, 0) is 17.9 Å². The quantitative estimate of drug-likeness (QED) is 0.540. The first-order valence-corrected chi connectivity index (χ1v) is 12.0. The van der Waals surface area contributed by atoms with Crippen LogP contribution in [0, 0.1) is 0 Å². The Labute approximate surface area is 184 Å². The molecule has 1 N–H and O–H groups in total. The first-order chi connectivity index (χ1) is 14.8. The van der Waals surface area contributed by atoms with Gasteiger partial charge in [0.1, 0.15) is 0 Å². The number of hydrogen-bond acceptors (Lipinski definition) is 7. The molecule has 2 heterocycles. The summed E-state index contributed by atoms with van der Waals surface area (Å²) < 4.78 is 1.71. The molecule has 1 saturated heterocycles. The molecule has 7 nitrogen and oxygen atoms in total. The Morgan fingerprint density at radius 3 is 2.67 bits per heavy atom. The molecule has 2 aromatic carbocycles. The number of benzene rings is 2. The van der Waals surface area contributed by atoms with Crippen LogP contribution in [0.15, 0.2) is 59.8 Å². The highest BCUT2D eigenvalue weighted by atomic mass is 32.2. The van der Waals surface area contributed by atoms with Gasteiger partial charge in [-0.05, 0) is 33.7 Å². The zero-order valence-corrected chi connectivity index (χ0v) is 18.2. The van der Waals surface area contributed by atoms with Crippen molar-refractivity contribution in [1.82, 2.24) is 25.1 Å². The van der Waals surface area contributed by atoms with Crippen LogP contribution in [0.5, 0.6) is 0 Å². The average Bonchev–Trinajstić information content (AvgIpc) is 3.21. The number of tetrazole rings is 1. The Balaban J connectivity index is 1.29. The van der Waals surface area contributed by atoms with Crippen LogP contribution < -0.4 is 5.32 Å². The normalized spacial score (nSPS) is 14.5. The number of amides is 1. The number of hydrogen-bond donors (Lipinski definition) is 1. The predicted octanol–water partition coefficient (Wildman–Crippen LogP) is 3.00. The lowest BCUT2D eigenvalue weighted by Gasteiger charge is -2.26. The van der Waals surface area contributed by atoms with Gasteiger partial charge in [-0.1, -0.05) is 54.2 Å². The number of thioether (sulfide) groups is 2. The summed E-state index contributed by atoms with van der Waals surface area (Å²) in [5, 5.41) is 15.5. The van der Waals surface area contributed by atoms with Crippen molar-refractivity contribution < 1.29 is 4.79 Å². The van der Waals surface area contributed by atoms with E-state index in [4.69, 9.17) is 0 Å². The molecular weight excluding hydrogens is 416 g/mol. The minimum Gasteiger partial charge on any atom is -0.325 e. The summed E-state index contributed by atoms with van der Waals surface area (Å²) in [7, 11) is 0. The Hall–Kier alpha value is -2.36. The summed E-state index contributed by atoms with van der Waals surface area (Å²) in [6.07, 6.45) is 0. The summed E-state index contributed by atoms with van der Waals surface area (Å²) >= 11 is 3.35. The lowest BCUT2D eigenvalue weighted by molar-refractivity contribution is -0.113. The smallest absolute Gasteiger partial charge is 0.234 e. The maximum atomic E-state index is 12.5. The van der Waals surface area contributed by atoms with E-state index in [-0.39, 0.29) is 11.7 Å². The Morgan fingerprint density at radius 1 is 1.03 bits per heavy atom. The van der Waals surface area contributed by atoms with Crippen LogP contribution >= 0.6 is 23.5 Å². The van der Waals surface area contributed by atoms with E-state index in [0.29, 0.717) is 11.7 Å².